The lowest BCUT2D eigenvalue weighted by Crippen LogP contribution is -2.11. The molecule has 4 aromatic rings. The van der Waals surface area contributed by atoms with Gasteiger partial charge in [-0.1, -0.05) is 48.0 Å². The number of aromatic nitrogens is 2. The molecule has 0 fully saturated rings. The molecule has 138 valence electrons. The smallest absolute Gasteiger partial charge is 0.255 e. The highest BCUT2D eigenvalue weighted by molar-refractivity contribution is 6.30. The highest BCUT2D eigenvalue weighted by Gasteiger charge is 2.09. The van der Waals surface area contributed by atoms with E-state index in [1.54, 1.807) is 18.6 Å². The van der Waals surface area contributed by atoms with Crippen molar-refractivity contribution < 1.29 is 4.79 Å². The zero-order valence-electron chi connectivity index (χ0n) is 15.3. The Morgan fingerprint density at radius 2 is 1.64 bits per heavy atom. The summed E-state index contributed by atoms with van der Waals surface area (Å²) >= 11 is 6.09. The van der Waals surface area contributed by atoms with Crippen molar-refractivity contribution in [3.8, 4) is 22.4 Å². The van der Waals surface area contributed by atoms with Gasteiger partial charge in [0, 0.05) is 28.9 Å². The second-order valence-corrected chi connectivity index (χ2v) is 6.95. The van der Waals surface area contributed by atoms with Crippen molar-refractivity contribution in [1.82, 2.24) is 9.55 Å². The van der Waals surface area contributed by atoms with E-state index in [0.29, 0.717) is 10.6 Å². The van der Waals surface area contributed by atoms with Crippen LogP contribution in [0.2, 0.25) is 5.02 Å². The van der Waals surface area contributed by atoms with Crippen molar-refractivity contribution in [1.29, 1.82) is 0 Å². The van der Waals surface area contributed by atoms with E-state index >= 15 is 0 Å². The second-order valence-electron chi connectivity index (χ2n) is 6.52. The van der Waals surface area contributed by atoms with Crippen molar-refractivity contribution in [2.75, 3.05) is 5.32 Å². The van der Waals surface area contributed by atoms with E-state index in [1.165, 1.54) is 0 Å². The number of nitrogens with one attached hydrogen (secondary N) is 1. The number of hydrogen-bond donors (Lipinski definition) is 1. The zero-order chi connectivity index (χ0) is 19.5. The van der Waals surface area contributed by atoms with Crippen LogP contribution in [-0.4, -0.2) is 15.5 Å². The molecule has 0 spiro atoms. The number of carbonyl (C=O) groups is 1. The van der Waals surface area contributed by atoms with Gasteiger partial charge in [0.15, 0.2) is 0 Å². The van der Waals surface area contributed by atoms with E-state index in [1.807, 2.05) is 78.3 Å². The lowest BCUT2D eigenvalue weighted by atomic mass is 10.0. The summed E-state index contributed by atoms with van der Waals surface area (Å²) in [5, 5.41) is 3.64. The van der Waals surface area contributed by atoms with Crippen LogP contribution >= 0.6 is 11.6 Å². The molecule has 3 aromatic carbocycles. The molecule has 0 saturated carbocycles. The number of halogens is 1. The highest BCUT2D eigenvalue weighted by Crippen LogP contribution is 2.25. The molecule has 0 saturated heterocycles. The van der Waals surface area contributed by atoms with Crippen LogP contribution in [0.15, 0.2) is 85.3 Å². The fraction of sp³-hybridized carbons (Fsp3) is 0.0435. The molecule has 1 aromatic heterocycles. The van der Waals surface area contributed by atoms with Crippen molar-refractivity contribution in [2.45, 2.75) is 0 Å². The van der Waals surface area contributed by atoms with Gasteiger partial charge in [0.25, 0.3) is 5.91 Å². The molecule has 4 nitrogen and oxygen atoms in total. The number of amides is 1. The number of benzene rings is 3. The van der Waals surface area contributed by atoms with Crippen LogP contribution in [0.25, 0.3) is 22.4 Å². The zero-order valence-corrected chi connectivity index (χ0v) is 16.0. The number of anilines is 1. The van der Waals surface area contributed by atoms with E-state index in [2.05, 4.69) is 10.3 Å². The first-order valence-electron chi connectivity index (χ1n) is 8.84. The van der Waals surface area contributed by atoms with Crippen molar-refractivity contribution in [3.05, 3.63) is 95.9 Å². The molecule has 28 heavy (non-hydrogen) atoms. The summed E-state index contributed by atoms with van der Waals surface area (Å²) in [4.78, 5) is 16.9. The molecule has 5 heteroatoms. The Labute approximate surface area is 168 Å². The quantitative estimate of drug-likeness (QED) is 0.491. The molecule has 0 unspecified atom stereocenters. The number of hydrogen-bond acceptors (Lipinski definition) is 2. The van der Waals surface area contributed by atoms with Gasteiger partial charge in [0.05, 0.1) is 18.2 Å². The Kier molecular flexibility index (Phi) is 4.96. The number of imidazole rings is 1. The van der Waals surface area contributed by atoms with Gasteiger partial charge in [-0.05, 0) is 47.5 Å². The van der Waals surface area contributed by atoms with Crippen LogP contribution in [0.1, 0.15) is 10.4 Å². The summed E-state index contributed by atoms with van der Waals surface area (Å²) in [5.41, 5.74) is 5.21. The minimum atomic E-state index is -0.161. The molecule has 4 rings (SSSR count). The molecule has 1 N–H and O–H groups in total. The van der Waals surface area contributed by atoms with Crippen LogP contribution in [0.3, 0.4) is 0 Å². The Morgan fingerprint density at radius 3 is 2.39 bits per heavy atom. The van der Waals surface area contributed by atoms with E-state index in [0.717, 1.165) is 28.1 Å². The van der Waals surface area contributed by atoms with Crippen molar-refractivity contribution in [2.24, 2.45) is 7.05 Å². The molecular formula is C23H18ClN3O. The van der Waals surface area contributed by atoms with Crippen molar-refractivity contribution >= 4 is 23.2 Å². The maximum atomic E-state index is 12.8. The molecule has 1 amide bonds. The summed E-state index contributed by atoms with van der Waals surface area (Å²) in [6.45, 7) is 0. The average molecular weight is 388 g/mol. The predicted molar refractivity (Wildman–Crippen MR) is 113 cm³/mol. The summed E-state index contributed by atoms with van der Waals surface area (Å²) in [6, 6.07) is 22.8. The number of rotatable bonds is 4. The van der Waals surface area contributed by atoms with E-state index in [9.17, 15) is 4.79 Å². The number of carbonyl (C=O) groups excluding carboxylic acids is 1. The second kappa shape index (κ2) is 7.71. The number of nitrogens with zero attached hydrogens (tertiary/aromatic N) is 2. The van der Waals surface area contributed by atoms with Gasteiger partial charge in [-0.3, -0.25) is 4.79 Å². The largest absolute Gasteiger partial charge is 0.334 e. The lowest BCUT2D eigenvalue weighted by molar-refractivity contribution is 0.102. The van der Waals surface area contributed by atoms with Crippen LogP contribution in [0, 0.1) is 0 Å². The Balaban J connectivity index is 1.58. The van der Waals surface area contributed by atoms with Gasteiger partial charge in [-0.2, -0.15) is 0 Å². The third-order valence-corrected chi connectivity index (χ3v) is 4.75. The molecule has 0 aliphatic carbocycles. The van der Waals surface area contributed by atoms with Crippen LogP contribution < -0.4 is 5.32 Å². The fourth-order valence-corrected chi connectivity index (χ4v) is 3.29. The molecular weight excluding hydrogens is 370 g/mol. The summed E-state index contributed by atoms with van der Waals surface area (Å²) in [5.74, 6) is -0.161. The van der Waals surface area contributed by atoms with E-state index in [-0.39, 0.29) is 5.91 Å². The summed E-state index contributed by atoms with van der Waals surface area (Å²) in [6.07, 6.45) is 3.55. The third-order valence-electron chi connectivity index (χ3n) is 4.52. The summed E-state index contributed by atoms with van der Waals surface area (Å²) in [7, 11) is 1.94. The van der Waals surface area contributed by atoms with E-state index < -0.39 is 0 Å². The average Bonchev–Trinajstić information content (AvgIpc) is 3.14. The maximum absolute atomic E-state index is 12.8. The highest BCUT2D eigenvalue weighted by atomic mass is 35.5. The minimum Gasteiger partial charge on any atom is -0.334 e. The minimum absolute atomic E-state index is 0.161. The van der Waals surface area contributed by atoms with Gasteiger partial charge >= 0.3 is 0 Å². The Morgan fingerprint density at radius 1 is 0.929 bits per heavy atom. The first-order valence-corrected chi connectivity index (χ1v) is 9.22. The maximum Gasteiger partial charge on any atom is 0.255 e. The predicted octanol–water partition coefficient (Wildman–Crippen LogP) is 5.66. The Bertz CT molecular complexity index is 1150. The monoisotopic (exact) mass is 387 g/mol. The molecule has 0 radical (unpaired) electrons. The lowest BCUT2D eigenvalue weighted by Gasteiger charge is -2.09. The number of aryl methyl sites for hydroxylation is 1. The normalized spacial score (nSPS) is 10.6. The molecule has 0 bridgehead atoms. The SMILES string of the molecule is Cn1cncc1-c1cccc(NC(=O)c2cccc(-c3cccc(Cl)c3)c2)c1. The fourth-order valence-electron chi connectivity index (χ4n) is 3.10. The van der Waals surface area contributed by atoms with Gasteiger partial charge in [0.1, 0.15) is 0 Å². The summed E-state index contributed by atoms with van der Waals surface area (Å²) < 4.78 is 1.94. The molecule has 0 aliphatic heterocycles. The van der Waals surface area contributed by atoms with Gasteiger partial charge < -0.3 is 9.88 Å². The van der Waals surface area contributed by atoms with Crippen LogP contribution in [0.4, 0.5) is 5.69 Å². The van der Waals surface area contributed by atoms with E-state index in [4.69, 9.17) is 11.6 Å². The van der Waals surface area contributed by atoms with Gasteiger partial charge in [-0.25, -0.2) is 4.98 Å². The van der Waals surface area contributed by atoms with Crippen molar-refractivity contribution in [3.63, 3.8) is 0 Å². The first-order chi connectivity index (χ1) is 13.6. The van der Waals surface area contributed by atoms with Crippen LogP contribution in [-0.2, 0) is 7.05 Å². The molecule has 1 heterocycles. The Hall–Kier alpha value is -3.37. The molecule has 0 atom stereocenters. The molecule has 0 aliphatic rings. The first kappa shape index (κ1) is 18.0. The van der Waals surface area contributed by atoms with Gasteiger partial charge in [-0.15, -0.1) is 0 Å². The third kappa shape index (κ3) is 3.82. The van der Waals surface area contributed by atoms with Crippen LogP contribution in [0.5, 0.6) is 0 Å². The van der Waals surface area contributed by atoms with Gasteiger partial charge in [0.2, 0.25) is 0 Å². The standard InChI is InChI=1S/C23H18ClN3O/c1-27-15-25-14-22(27)18-7-4-10-21(13-18)26-23(28)19-8-2-5-16(11-19)17-6-3-9-20(24)12-17/h2-15H,1H3,(H,26,28). The topological polar surface area (TPSA) is 46.9 Å².